The smallest absolute Gasteiger partial charge is 0.305 e. The van der Waals surface area contributed by atoms with E-state index in [4.69, 9.17) is 5.11 Å². The van der Waals surface area contributed by atoms with Gasteiger partial charge in [-0.25, -0.2) is 0 Å². The lowest BCUT2D eigenvalue weighted by Gasteiger charge is -2.02. The maximum atomic E-state index is 13.5. The van der Waals surface area contributed by atoms with Crippen LogP contribution in [-0.2, 0) is 11.2 Å². The lowest BCUT2D eigenvalue weighted by molar-refractivity contribution is -0.387. The Morgan fingerprint density at radius 1 is 1.50 bits per heavy atom. The van der Waals surface area contributed by atoms with E-state index in [9.17, 15) is 19.3 Å². The van der Waals surface area contributed by atoms with Gasteiger partial charge in [0.15, 0.2) is 0 Å². The molecule has 0 saturated carbocycles. The SMILES string of the molecule is O=C(O)CCCc1cccc([N+](=O)[O-])c1F. The summed E-state index contributed by atoms with van der Waals surface area (Å²) in [7, 11) is 0. The summed E-state index contributed by atoms with van der Waals surface area (Å²) in [5.41, 5.74) is -0.400. The Hall–Kier alpha value is -1.98. The molecule has 0 heterocycles. The summed E-state index contributed by atoms with van der Waals surface area (Å²) in [4.78, 5) is 19.9. The van der Waals surface area contributed by atoms with Crippen molar-refractivity contribution >= 4 is 11.7 Å². The standard InChI is InChI=1S/C10H10FNO4/c11-10-7(4-2-6-9(13)14)3-1-5-8(10)12(15)16/h1,3,5H,2,4,6H2,(H,13,14). The van der Waals surface area contributed by atoms with E-state index in [1.165, 1.54) is 12.1 Å². The van der Waals surface area contributed by atoms with Gasteiger partial charge in [-0.15, -0.1) is 0 Å². The molecule has 0 atom stereocenters. The quantitative estimate of drug-likeness (QED) is 0.617. The summed E-state index contributed by atoms with van der Waals surface area (Å²) in [6, 6.07) is 3.89. The van der Waals surface area contributed by atoms with E-state index in [0.717, 1.165) is 6.07 Å². The molecule has 0 aliphatic rings. The summed E-state index contributed by atoms with van der Waals surface area (Å²) in [6.45, 7) is 0. The number of nitrogens with zero attached hydrogens (tertiary/aromatic N) is 1. The Morgan fingerprint density at radius 3 is 2.75 bits per heavy atom. The minimum atomic E-state index is -0.967. The molecule has 1 rings (SSSR count). The topological polar surface area (TPSA) is 80.4 Å². The molecular weight excluding hydrogens is 217 g/mol. The molecule has 16 heavy (non-hydrogen) atoms. The number of nitro benzene ring substituents is 1. The number of rotatable bonds is 5. The van der Waals surface area contributed by atoms with Crippen molar-refractivity contribution in [2.45, 2.75) is 19.3 Å². The molecule has 1 aromatic rings. The van der Waals surface area contributed by atoms with Crippen LogP contribution >= 0.6 is 0 Å². The molecule has 86 valence electrons. The molecule has 6 heteroatoms. The van der Waals surface area contributed by atoms with Crippen LogP contribution < -0.4 is 0 Å². The minimum Gasteiger partial charge on any atom is -0.481 e. The van der Waals surface area contributed by atoms with Gasteiger partial charge in [0.1, 0.15) is 0 Å². The molecule has 5 nitrogen and oxygen atoms in total. The fourth-order valence-electron chi connectivity index (χ4n) is 1.33. The van der Waals surface area contributed by atoms with Crippen LogP contribution in [0.25, 0.3) is 0 Å². The second-order valence-corrected chi connectivity index (χ2v) is 3.25. The van der Waals surface area contributed by atoms with Crippen molar-refractivity contribution in [2.24, 2.45) is 0 Å². The van der Waals surface area contributed by atoms with Gasteiger partial charge < -0.3 is 5.11 Å². The van der Waals surface area contributed by atoms with Gasteiger partial charge in [-0.1, -0.05) is 12.1 Å². The monoisotopic (exact) mass is 227 g/mol. The Balaban J connectivity index is 2.77. The first-order chi connectivity index (χ1) is 7.52. The highest BCUT2D eigenvalue weighted by molar-refractivity contribution is 5.66. The van der Waals surface area contributed by atoms with Crippen molar-refractivity contribution in [3.63, 3.8) is 0 Å². The van der Waals surface area contributed by atoms with E-state index < -0.39 is 22.4 Å². The first-order valence-electron chi connectivity index (χ1n) is 4.66. The lowest BCUT2D eigenvalue weighted by Crippen LogP contribution is -2.00. The second kappa shape index (κ2) is 5.20. The van der Waals surface area contributed by atoms with Crippen molar-refractivity contribution in [3.8, 4) is 0 Å². The number of aliphatic carboxylic acids is 1. The van der Waals surface area contributed by atoms with E-state index in [-0.39, 0.29) is 24.8 Å². The van der Waals surface area contributed by atoms with E-state index >= 15 is 0 Å². The number of benzene rings is 1. The van der Waals surface area contributed by atoms with Crippen molar-refractivity contribution in [1.29, 1.82) is 0 Å². The third-order valence-electron chi connectivity index (χ3n) is 2.09. The number of carboxylic acid groups (broad SMARTS) is 1. The molecule has 1 aromatic carbocycles. The predicted molar refractivity (Wildman–Crippen MR) is 53.6 cm³/mol. The fourth-order valence-corrected chi connectivity index (χ4v) is 1.33. The van der Waals surface area contributed by atoms with Crippen LogP contribution in [0.15, 0.2) is 18.2 Å². The van der Waals surface area contributed by atoms with Gasteiger partial charge in [-0.2, -0.15) is 4.39 Å². The van der Waals surface area contributed by atoms with Crippen LogP contribution in [0.1, 0.15) is 18.4 Å². The van der Waals surface area contributed by atoms with E-state index in [1.807, 2.05) is 0 Å². The highest BCUT2D eigenvalue weighted by Crippen LogP contribution is 2.21. The zero-order chi connectivity index (χ0) is 12.1. The van der Waals surface area contributed by atoms with Gasteiger partial charge in [0.2, 0.25) is 5.82 Å². The Morgan fingerprint density at radius 2 is 2.19 bits per heavy atom. The average Bonchev–Trinajstić information content (AvgIpc) is 2.19. The van der Waals surface area contributed by atoms with Crippen molar-refractivity contribution < 1.29 is 19.2 Å². The number of hydrogen-bond acceptors (Lipinski definition) is 3. The van der Waals surface area contributed by atoms with Crippen LogP contribution in [0, 0.1) is 15.9 Å². The number of halogens is 1. The van der Waals surface area contributed by atoms with Gasteiger partial charge in [-0.3, -0.25) is 14.9 Å². The summed E-state index contributed by atoms with van der Waals surface area (Å²) >= 11 is 0. The van der Waals surface area contributed by atoms with E-state index in [0.29, 0.717) is 0 Å². The summed E-state index contributed by atoms with van der Waals surface area (Å²) in [6.07, 6.45) is 0.357. The van der Waals surface area contributed by atoms with Crippen LogP contribution in [0.3, 0.4) is 0 Å². The van der Waals surface area contributed by atoms with Crippen molar-refractivity contribution in [3.05, 3.63) is 39.7 Å². The Labute approximate surface area is 90.7 Å². The third-order valence-corrected chi connectivity index (χ3v) is 2.09. The summed E-state index contributed by atoms with van der Waals surface area (Å²) in [5, 5.41) is 18.8. The predicted octanol–water partition coefficient (Wildman–Crippen LogP) is 2.14. The Bertz CT molecular complexity index is 419. The molecule has 0 bridgehead atoms. The van der Waals surface area contributed by atoms with Gasteiger partial charge in [0.05, 0.1) is 4.92 Å². The van der Waals surface area contributed by atoms with Crippen LogP contribution in [0.4, 0.5) is 10.1 Å². The van der Waals surface area contributed by atoms with Crippen molar-refractivity contribution in [1.82, 2.24) is 0 Å². The molecule has 0 aromatic heterocycles. The number of nitro groups is 1. The van der Waals surface area contributed by atoms with Crippen molar-refractivity contribution in [2.75, 3.05) is 0 Å². The first kappa shape index (κ1) is 12.1. The van der Waals surface area contributed by atoms with Gasteiger partial charge in [0.25, 0.3) is 0 Å². The number of hydrogen-bond donors (Lipinski definition) is 1. The highest BCUT2D eigenvalue weighted by atomic mass is 19.1. The summed E-state index contributed by atoms with van der Waals surface area (Å²) in [5.74, 6) is -1.84. The summed E-state index contributed by atoms with van der Waals surface area (Å²) < 4.78 is 13.5. The molecule has 0 saturated heterocycles. The second-order valence-electron chi connectivity index (χ2n) is 3.25. The normalized spacial score (nSPS) is 10.1. The average molecular weight is 227 g/mol. The van der Waals surface area contributed by atoms with Gasteiger partial charge in [-0.05, 0) is 18.4 Å². The van der Waals surface area contributed by atoms with Crippen LogP contribution in [-0.4, -0.2) is 16.0 Å². The van der Waals surface area contributed by atoms with Crippen LogP contribution in [0.2, 0.25) is 0 Å². The van der Waals surface area contributed by atoms with Gasteiger partial charge >= 0.3 is 11.7 Å². The highest BCUT2D eigenvalue weighted by Gasteiger charge is 2.16. The third kappa shape index (κ3) is 3.01. The molecule has 0 spiro atoms. The number of aryl methyl sites for hydroxylation is 1. The number of carbonyl (C=O) groups is 1. The zero-order valence-electron chi connectivity index (χ0n) is 8.35. The molecule has 0 aliphatic carbocycles. The Kier molecular flexibility index (Phi) is 3.93. The fraction of sp³-hybridized carbons (Fsp3) is 0.300. The molecule has 1 N–H and O–H groups in total. The van der Waals surface area contributed by atoms with Crippen LogP contribution in [0.5, 0.6) is 0 Å². The molecule has 0 fully saturated rings. The number of carboxylic acids is 1. The lowest BCUT2D eigenvalue weighted by atomic mass is 10.1. The molecule has 0 unspecified atom stereocenters. The van der Waals surface area contributed by atoms with E-state index in [1.54, 1.807) is 0 Å². The first-order valence-corrected chi connectivity index (χ1v) is 4.66. The molecule has 0 amide bonds. The zero-order valence-corrected chi connectivity index (χ0v) is 8.35. The van der Waals surface area contributed by atoms with E-state index in [2.05, 4.69) is 0 Å². The maximum absolute atomic E-state index is 13.5. The molecular formula is C10H10FNO4. The molecule has 0 radical (unpaired) electrons. The largest absolute Gasteiger partial charge is 0.481 e. The molecule has 0 aliphatic heterocycles. The minimum absolute atomic E-state index is 0.0812. The van der Waals surface area contributed by atoms with Gasteiger partial charge in [0, 0.05) is 12.5 Å². The maximum Gasteiger partial charge on any atom is 0.305 e.